The lowest BCUT2D eigenvalue weighted by atomic mass is 10.3. The van der Waals surface area contributed by atoms with Gasteiger partial charge in [-0.15, -0.1) is 0 Å². The van der Waals surface area contributed by atoms with Gasteiger partial charge >= 0.3 is 0 Å². The Morgan fingerprint density at radius 1 is 0.633 bits per heavy atom. The molecule has 0 heterocycles. The van der Waals surface area contributed by atoms with Crippen molar-refractivity contribution in [2.45, 2.75) is 14.7 Å². The number of para-hydroxylation sites is 2. The highest BCUT2D eigenvalue weighted by Gasteiger charge is 2.16. The Hall–Kier alpha value is -3.22. The molecule has 0 spiro atoms. The number of nitrogens with one attached hydrogen (secondary N) is 1. The lowest BCUT2D eigenvalue weighted by molar-refractivity contribution is 0.482. The van der Waals surface area contributed by atoms with Gasteiger partial charge in [0, 0.05) is 9.79 Å². The molecule has 0 atom stereocenters. The lowest BCUT2D eigenvalue weighted by Gasteiger charge is -2.13. The molecule has 4 nitrogen and oxygen atoms in total. The summed E-state index contributed by atoms with van der Waals surface area (Å²) in [6.45, 7) is 0. The minimum atomic E-state index is -3.74. The Balaban J connectivity index is 1.52. The van der Waals surface area contributed by atoms with E-state index < -0.39 is 10.0 Å². The van der Waals surface area contributed by atoms with Crippen molar-refractivity contribution in [1.82, 2.24) is 0 Å². The van der Waals surface area contributed by atoms with Crippen molar-refractivity contribution in [2.24, 2.45) is 0 Å². The second-order valence-electron chi connectivity index (χ2n) is 6.40. The zero-order valence-corrected chi connectivity index (χ0v) is 17.6. The van der Waals surface area contributed by atoms with E-state index in [-0.39, 0.29) is 4.90 Å². The lowest BCUT2D eigenvalue weighted by Crippen LogP contribution is -2.13. The van der Waals surface area contributed by atoms with Gasteiger partial charge in [0.25, 0.3) is 10.0 Å². The number of ether oxygens (including phenoxy) is 1. The third-order valence-electron chi connectivity index (χ3n) is 4.22. The molecule has 150 valence electrons. The first-order valence-electron chi connectivity index (χ1n) is 9.28. The van der Waals surface area contributed by atoms with E-state index >= 15 is 0 Å². The summed E-state index contributed by atoms with van der Waals surface area (Å²) in [6.07, 6.45) is 0. The largest absolute Gasteiger partial charge is 0.457 e. The first-order chi connectivity index (χ1) is 14.6. The fourth-order valence-electron chi connectivity index (χ4n) is 2.77. The molecule has 30 heavy (non-hydrogen) atoms. The van der Waals surface area contributed by atoms with Crippen LogP contribution in [0, 0.1) is 0 Å². The third kappa shape index (κ3) is 5.03. The molecule has 0 fully saturated rings. The Bertz CT molecular complexity index is 1210. The molecule has 0 saturated carbocycles. The van der Waals surface area contributed by atoms with Crippen LogP contribution in [0.4, 0.5) is 5.69 Å². The van der Waals surface area contributed by atoms with Gasteiger partial charge in [0.2, 0.25) is 0 Å². The molecule has 0 saturated heterocycles. The highest BCUT2D eigenvalue weighted by molar-refractivity contribution is 7.99. The molecule has 4 rings (SSSR count). The van der Waals surface area contributed by atoms with Crippen LogP contribution in [0.15, 0.2) is 124 Å². The van der Waals surface area contributed by atoms with Crippen LogP contribution in [0.2, 0.25) is 0 Å². The summed E-state index contributed by atoms with van der Waals surface area (Å²) < 4.78 is 34.3. The molecule has 0 unspecified atom stereocenters. The van der Waals surface area contributed by atoms with Crippen LogP contribution in [0.25, 0.3) is 0 Å². The van der Waals surface area contributed by atoms with Crippen LogP contribution in [0.3, 0.4) is 0 Å². The second kappa shape index (κ2) is 9.07. The Labute approximate surface area is 180 Å². The predicted octanol–water partition coefficient (Wildman–Crippen LogP) is 6.43. The summed E-state index contributed by atoms with van der Waals surface area (Å²) in [5.74, 6) is 1.26. The van der Waals surface area contributed by atoms with Crippen LogP contribution in [-0.2, 0) is 10.0 Å². The number of sulfonamides is 1. The number of anilines is 1. The average molecular weight is 434 g/mol. The third-order valence-corrected chi connectivity index (χ3v) is 6.68. The van der Waals surface area contributed by atoms with Crippen molar-refractivity contribution in [2.75, 3.05) is 4.72 Å². The first kappa shape index (κ1) is 20.1. The van der Waals surface area contributed by atoms with E-state index in [0.29, 0.717) is 17.2 Å². The Kier molecular flexibility index (Phi) is 6.07. The molecule has 0 amide bonds. The first-order valence-corrected chi connectivity index (χ1v) is 11.6. The van der Waals surface area contributed by atoms with Crippen molar-refractivity contribution in [1.29, 1.82) is 0 Å². The zero-order chi connectivity index (χ0) is 20.8. The van der Waals surface area contributed by atoms with Gasteiger partial charge in [-0.1, -0.05) is 60.3 Å². The summed E-state index contributed by atoms with van der Waals surface area (Å²) in [4.78, 5) is 2.03. The van der Waals surface area contributed by atoms with Gasteiger partial charge in [-0.25, -0.2) is 8.42 Å². The van der Waals surface area contributed by atoms with Crippen LogP contribution < -0.4 is 9.46 Å². The molecule has 0 bridgehead atoms. The molecule has 4 aromatic rings. The van der Waals surface area contributed by atoms with Crippen molar-refractivity contribution in [3.05, 3.63) is 109 Å². The molecule has 0 aromatic heterocycles. The molecule has 4 aromatic carbocycles. The minimum absolute atomic E-state index is 0.169. The van der Waals surface area contributed by atoms with Gasteiger partial charge in [-0.05, 0) is 60.7 Å². The molecule has 1 N–H and O–H groups in total. The maximum absolute atomic E-state index is 12.9. The standard InChI is InChI=1S/C24H19NO3S2/c26-30(27,22-17-15-20(16-18-22)28-19-9-3-1-4-10-19)25-23-13-7-8-14-24(23)29-21-11-5-2-6-12-21/h1-18,25H. The van der Waals surface area contributed by atoms with Crippen molar-refractivity contribution < 1.29 is 13.2 Å². The van der Waals surface area contributed by atoms with Gasteiger partial charge in [-0.3, -0.25) is 4.72 Å². The monoisotopic (exact) mass is 433 g/mol. The smallest absolute Gasteiger partial charge is 0.261 e. The van der Waals surface area contributed by atoms with E-state index in [1.165, 1.54) is 23.9 Å². The molecule has 0 aliphatic heterocycles. The van der Waals surface area contributed by atoms with Crippen LogP contribution in [0.5, 0.6) is 11.5 Å². The fraction of sp³-hybridized carbons (Fsp3) is 0. The maximum Gasteiger partial charge on any atom is 0.261 e. The molecule has 6 heteroatoms. The summed E-state index contributed by atoms with van der Waals surface area (Å²) in [5.41, 5.74) is 0.538. The van der Waals surface area contributed by atoms with Gasteiger partial charge in [-0.2, -0.15) is 0 Å². The van der Waals surface area contributed by atoms with E-state index in [9.17, 15) is 8.42 Å². The maximum atomic E-state index is 12.9. The van der Waals surface area contributed by atoms with E-state index in [0.717, 1.165) is 9.79 Å². The number of rotatable bonds is 7. The van der Waals surface area contributed by atoms with Crippen molar-refractivity contribution in [3.63, 3.8) is 0 Å². The molecule has 0 radical (unpaired) electrons. The van der Waals surface area contributed by atoms with E-state index in [1.54, 1.807) is 18.2 Å². The van der Waals surface area contributed by atoms with Gasteiger partial charge < -0.3 is 4.74 Å². The van der Waals surface area contributed by atoms with Gasteiger partial charge in [0.1, 0.15) is 11.5 Å². The van der Waals surface area contributed by atoms with Gasteiger partial charge in [0.15, 0.2) is 0 Å². The van der Waals surface area contributed by atoms with E-state index in [1.807, 2.05) is 78.9 Å². The summed E-state index contributed by atoms with van der Waals surface area (Å²) >= 11 is 1.51. The van der Waals surface area contributed by atoms with Crippen molar-refractivity contribution >= 4 is 27.5 Å². The summed E-state index contributed by atoms with van der Waals surface area (Å²) in [5, 5.41) is 0. The SMILES string of the molecule is O=S(=O)(Nc1ccccc1Sc1ccccc1)c1ccc(Oc2ccccc2)cc1. The molecule has 0 aliphatic rings. The van der Waals surface area contributed by atoms with E-state index in [2.05, 4.69) is 4.72 Å². The van der Waals surface area contributed by atoms with Crippen LogP contribution >= 0.6 is 11.8 Å². The minimum Gasteiger partial charge on any atom is -0.457 e. The van der Waals surface area contributed by atoms with E-state index in [4.69, 9.17) is 4.74 Å². The summed E-state index contributed by atoms with van der Waals surface area (Å²) in [7, 11) is -3.74. The fourth-order valence-corrected chi connectivity index (χ4v) is 4.84. The topological polar surface area (TPSA) is 55.4 Å². The highest BCUT2D eigenvalue weighted by Crippen LogP contribution is 2.34. The predicted molar refractivity (Wildman–Crippen MR) is 121 cm³/mol. The van der Waals surface area contributed by atoms with Crippen LogP contribution in [-0.4, -0.2) is 8.42 Å². The molecule has 0 aliphatic carbocycles. The quantitative estimate of drug-likeness (QED) is 0.365. The molecular formula is C24H19NO3S2. The second-order valence-corrected chi connectivity index (χ2v) is 9.20. The van der Waals surface area contributed by atoms with Gasteiger partial charge in [0.05, 0.1) is 10.6 Å². The Morgan fingerprint density at radius 2 is 1.20 bits per heavy atom. The van der Waals surface area contributed by atoms with Crippen LogP contribution in [0.1, 0.15) is 0 Å². The Morgan fingerprint density at radius 3 is 1.90 bits per heavy atom. The summed E-state index contributed by atoms with van der Waals surface area (Å²) in [6, 6.07) is 32.9. The average Bonchev–Trinajstić information content (AvgIpc) is 2.77. The molecular weight excluding hydrogens is 414 g/mol. The number of benzene rings is 4. The zero-order valence-electron chi connectivity index (χ0n) is 15.9. The number of hydrogen-bond donors (Lipinski definition) is 1. The van der Waals surface area contributed by atoms with Crippen molar-refractivity contribution in [3.8, 4) is 11.5 Å². The highest BCUT2D eigenvalue weighted by atomic mass is 32.2. The number of hydrogen-bond acceptors (Lipinski definition) is 4. The normalized spacial score (nSPS) is 11.1.